The van der Waals surface area contributed by atoms with E-state index in [0.29, 0.717) is 45.8 Å². The Kier molecular flexibility index (Phi) is 7.00. The number of nitrogens with one attached hydrogen (secondary N) is 2. The van der Waals surface area contributed by atoms with E-state index in [1.54, 1.807) is 18.2 Å². The Hall–Kier alpha value is -2.19. The van der Waals surface area contributed by atoms with Crippen molar-refractivity contribution in [1.29, 1.82) is 0 Å². The summed E-state index contributed by atoms with van der Waals surface area (Å²) in [5.74, 6) is -0.734. The summed E-state index contributed by atoms with van der Waals surface area (Å²) < 4.78 is 24.1. The molecule has 2 amide bonds. The van der Waals surface area contributed by atoms with Crippen molar-refractivity contribution in [3.63, 3.8) is 0 Å². The van der Waals surface area contributed by atoms with Gasteiger partial charge in [0.15, 0.2) is 11.6 Å². The maximum Gasteiger partial charge on any atom is 0.227 e. The molecule has 2 fully saturated rings. The zero-order valence-corrected chi connectivity index (χ0v) is 15.3. The Labute approximate surface area is 158 Å². The van der Waals surface area contributed by atoms with E-state index in [1.807, 2.05) is 4.90 Å². The number of morpholine rings is 1. The Morgan fingerprint density at radius 3 is 2.74 bits per heavy atom. The lowest BCUT2D eigenvalue weighted by molar-refractivity contribution is -0.141. The second-order valence-electron chi connectivity index (χ2n) is 6.80. The number of nitrogens with zero attached hydrogens (tertiary/aromatic N) is 1. The first-order valence-electron chi connectivity index (χ1n) is 9.37. The monoisotopic (exact) mass is 379 g/mol. The third-order valence-corrected chi connectivity index (χ3v) is 4.89. The maximum atomic E-state index is 13.5. The van der Waals surface area contributed by atoms with Crippen LogP contribution in [0.3, 0.4) is 0 Å². The van der Waals surface area contributed by atoms with Crippen LogP contribution >= 0.6 is 0 Å². The molecule has 0 radical (unpaired) electrons. The molecule has 148 valence electrons. The molecule has 2 aliphatic rings. The molecule has 2 saturated heterocycles. The zero-order chi connectivity index (χ0) is 19.1. The second kappa shape index (κ2) is 9.66. The topological polar surface area (TPSA) is 79.9 Å². The van der Waals surface area contributed by atoms with E-state index in [4.69, 9.17) is 9.47 Å². The van der Waals surface area contributed by atoms with Gasteiger partial charge in [0.2, 0.25) is 11.8 Å². The lowest BCUT2D eigenvalue weighted by Gasteiger charge is -2.34. The van der Waals surface area contributed by atoms with Crippen LogP contribution in [-0.2, 0) is 14.3 Å². The molecule has 2 unspecified atom stereocenters. The minimum Gasteiger partial charge on any atom is -0.489 e. The number of carbonyl (C=O) groups excluding carboxylic acids is 2. The molecule has 0 spiro atoms. The molecule has 0 aliphatic carbocycles. The summed E-state index contributed by atoms with van der Waals surface area (Å²) in [5, 5.41) is 6.00. The van der Waals surface area contributed by atoms with E-state index in [9.17, 15) is 14.0 Å². The predicted molar refractivity (Wildman–Crippen MR) is 96.8 cm³/mol. The van der Waals surface area contributed by atoms with E-state index < -0.39 is 5.82 Å². The quantitative estimate of drug-likeness (QED) is 0.700. The van der Waals surface area contributed by atoms with Gasteiger partial charge in [0.1, 0.15) is 6.61 Å². The number of hydrogen-bond acceptors (Lipinski definition) is 5. The predicted octanol–water partition coefficient (Wildman–Crippen LogP) is 0.405. The SMILES string of the molecule is O=C(NCCOc1ccccc1F)C1CNCC(C(=O)N2CCOCC2)C1. The molecule has 1 aromatic rings. The van der Waals surface area contributed by atoms with Crippen LogP contribution < -0.4 is 15.4 Å². The molecule has 7 nitrogen and oxygen atoms in total. The molecule has 3 rings (SSSR count). The van der Waals surface area contributed by atoms with Crippen LogP contribution in [0.1, 0.15) is 6.42 Å². The van der Waals surface area contributed by atoms with Crippen LogP contribution in [-0.4, -0.2) is 69.3 Å². The van der Waals surface area contributed by atoms with Crippen LogP contribution in [0.15, 0.2) is 24.3 Å². The molecule has 27 heavy (non-hydrogen) atoms. The molecule has 0 aromatic heterocycles. The normalized spacial score (nSPS) is 22.9. The standard InChI is InChI=1S/C19H26FN3O4/c20-16-3-1-2-4-17(16)27-8-5-22-18(24)14-11-15(13-21-12-14)19(25)23-6-9-26-10-7-23/h1-4,14-15,21H,5-13H2,(H,22,24). The molecule has 0 saturated carbocycles. The van der Waals surface area contributed by atoms with Crippen molar-refractivity contribution in [3.8, 4) is 5.75 Å². The molecule has 2 aliphatic heterocycles. The molecule has 2 heterocycles. The number of halogens is 1. The van der Waals surface area contributed by atoms with Gasteiger partial charge in [-0.3, -0.25) is 9.59 Å². The van der Waals surface area contributed by atoms with E-state index in [2.05, 4.69) is 10.6 Å². The van der Waals surface area contributed by atoms with Gasteiger partial charge in [0.25, 0.3) is 0 Å². The van der Waals surface area contributed by atoms with E-state index in [-0.39, 0.29) is 42.6 Å². The number of hydrogen-bond donors (Lipinski definition) is 2. The lowest BCUT2D eigenvalue weighted by Crippen LogP contribution is -2.51. The average molecular weight is 379 g/mol. The number of benzene rings is 1. The van der Waals surface area contributed by atoms with Gasteiger partial charge in [-0.1, -0.05) is 12.1 Å². The summed E-state index contributed by atoms with van der Waals surface area (Å²) >= 11 is 0. The van der Waals surface area contributed by atoms with Gasteiger partial charge < -0.3 is 25.0 Å². The summed E-state index contributed by atoms with van der Waals surface area (Å²) in [6.07, 6.45) is 0.531. The largest absolute Gasteiger partial charge is 0.489 e. The highest BCUT2D eigenvalue weighted by Crippen LogP contribution is 2.20. The maximum absolute atomic E-state index is 13.5. The Balaban J connectivity index is 1.41. The van der Waals surface area contributed by atoms with Crippen molar-refractivity contribution < 1.29 is 23.5 Å². The summed E-state index contributed by atoms with van der Waals surface area (Å²) in [7, 11) is 0. The lowest BCUT2D eigenvalue weighted by atomic mass is 9.88. The summed E-state index contributed by atoms with van der Waals surface area (Å²) in [6.45, 7) is 3.97. The minimum atomic E-state index is -0.426. The van der Waals surface area contributed by atoms with E-state index >= 15 is 0 Å². The summed E-state index contributed by atoms with van der Waals surface area (Å²) in [5.41, 5.74) is 0. The number of amides is 2. The van der Waals surface area contributed by atoms with Gasteiger partial charge in [-0.25, -0.2) is 4.39 Å². The fourth-order valence-electron chi connectivity index (χ4n) is 3.41. The smallest absolute Gasteiger partial charge is 0.227 e. The molecule has 1 aromatic carbocycles. The highest BCUT2D eigenvalue weighted by molar-refractivity contribution is 5.83. The Morgan fingerprint density at radius 1 is 1.22 bits per heavy atom. The van der Waals surface area contributed by atoms with Crippen LogP contribution in [0.4, 0.5) is 4.39 Å². The summed E-state index contributed by atoms with van der Waals surface area (Å²) in [6, 6.07) is 6.16. The van der Waals surface area contributed by atoms with Gasteiger partial charge >= 0.3 is 0 Å². The highest BCUT2D eigenvalue weighted by atomic mass is 19.1. The fraction of sp³-hybridized carbons (Fsp3) is 0.579. The van der Waals surface area contributed by atoms with E-state index in [0.717, 1.165) is 0 Å². The number of para-hydroxylation sites is 1. The fourth-order valence-corrected chi connectivity index (χ4v) is 3.41. The second-order valence-corrected chi connectivity index (χ2v) is 6.80. The minimum absolute atomic E-state index is 0.0891. The van der Waals surface area contributed by atoms with E-state index in [1.165, 1.54) is 6.07 Å². The molecular weight excluding hydrogens is 353 g/mol. The molecular formula is C19H26FN3O4. The zero-order valence-electron chi connectivity index (χ0n) is 15.3. The van der Waals surface area contributed by atoms with Crippen LogP contribution in [0.5, 0.6) is 5.75 Å². The van der Waals surface area contributed by atoms with Crippen molar-refractivity contribution in [1.82, 2.24) is 15.5 Å². The van der Waals surface area contributed by atoms with Crippen molar-refractivity contribution in [2.75, 3.05) is 52.5 Å². The van der Waals surface area contributed by atoms with Gasteiger partial charge in [-0.15, -0.1) is 0 Å². The number of rotatable bonds is 6. The number of piperidine rings is 1. The van der Waals surface area contributed by atoms with Crippen LogP contribution in [0, 0.1) is 17.7 Å². The first-order chi connectivity index (χ1) is 13.1. The first-order valence-corrected chi connectivity index (χ1v) is 9.37. The first kappa shape index (κ1) is 19.6. The van der Waals surface area contributed by atoms with Gasteiger partial charge in [0, 0.05) is 26.2 Å². The van der Waals surface area contributed by atoms with Gasteiger partial charge in [-0.05, 0) is 18.6 Å². The summed E-state index contributed by atoms with van der Waals surface area (Å²) in [4.78, 5) is 26.8. The number of ether oxygens (including phenoxy) is 2. The molecule has 8 heteroatoms. The third-order valence-electron chi connectivity index (χ3n) is 4.89. The van der Waals surface area contributed by atoms with Crippen molar-refractivity contribution >= 4 is 11.8 Å². The van der Waals surface area contributed by atoms with Crippen molar-refractivity contribution in [2.24, 2.45) is 11.8 Å². The van der Waals surface area contributed by atoms with Crippen LogP contribution in [0.25, 0.3) is 0 Å². The van der Waals surface area contributed by atoms with Crippen molar-refractivity contribution in [3.05, 3.63) is 30.1 Å². The van der Waals surface area contributed by atoms with Gasteiger partial charge in [0.05, 0.1) is 31.6 Å². The highest BCUT2D eigenvalue weighted by Gasteiger charge is 2.33. The Morgan fingerprint density at radius 2 is 1.96 bits per heavy atom. The third kappa shape index (κ3) is 5.40. The average Bonchev–Trinajstić information content (AvgIpc) is 2.72. The van der Waals surface area contributed by atoms with Crippen LogP contribution in [0.2, 0.25) is 0 Å². The Bertz CT molecular complexity index is 652. The van der Waals surface area contributed by atoms with Gasteiger partial charge in [-0.2, -0.15) is 0 Å². The van der Waals surface area contributed by atoms with Crippen molar-refractivity contribution in [2.45, 2.75) is 6.42 Å². The number of carbonyl (C=O) groups is 2. The molecule has 2 N–H and O–H groups in total. The molecule has 2 atom stereocenters. The molecule has 0 bridgehead atoms.